The summed E-state index contributed by atoms with van der Waals surface area (Å²) in [6.07, 6.45) is 0.605. The summed E-state index contributed by atoms with van der Waals surface area (Å²) in [7, 11) is -1.07. The lowest BCUT2D eigenvalue weighted by molar-refractivity contribution is -0.403. The van der Waals surface area contributed by atoms with Crippen LogP contribution in [0.2, 0.25) is 0 Å². The normalized spacial score (nSPS) is 13.1. The fraction of sp³-hybridized carbons (Fsp3) is 0.600. The van der Waals surface area contributed by atoms with E-state index in [2.05, 4.69) is 9.05 Å². The molecule has 0 aliphatic carbocycles. The van der Waals surface area contributed by atoms with Crippen molar-refractivity contribution in [2.75, 3.05) is 14.2 Å². The van der Waals surface area contributed by atoms with E-state index in [1.807, 2.05) is 0 Å². The minimum absolute atomic E-state index is 0.0301. The Bertz CT molecular complexity index is 240. The second-order valence-electron chi connectivity index (χ2n) is 1.92. The first-order chi connectivity index (χ1) is 5.46. The lowest BCUT2D eigenvalue weighted by Gasteiger charge is -2.11. The van der Waals surface area contributed by atoms with Crippen molar-refractivity contribution in [1.82, 2.24) is 0 Å². The maximum atomic E-state index is 11.4. The van der Waals surface area contributed by atoms with Crippen molar-refractivity contribution in [3.8, 4) is 0 Å². The minimum atomic E-state index is -3.41. The molecule has 0 bridgehead atoms. The molecule has 0 fully saturated rings. The molecule has 0 heterocycles. The molecule has 0 saturated carbocycles. The second-order valence-corrected chi connectivity index (χ2v) is 4.35. The number of nitrogens with zero attached hydrogens (tertiary/aromatic N) is 1. The highest BCUT2D eigenvalue weighted by atomic mass is 31.2. The average Bonchev–Trinajstić information content (AvgIpc) is 2.02. The van der Waals surface area contributed by atoms with Crippen LogP contribution in [0.15, 0.2) is 11.5 Å². The topological polar surface area (TPSA) is 78.7 Å². The molecule has 0 aliphatic rings. The van der Waals surface area contributed by atoms with Gasteiger partial charge in [-0.05, 0) is 6.92 Å². The lowest BCUT2D eigenvalue weighted by atomic mass is 10.7. The van der Waals surface area contributed by atoms with Crippen molar-refractivity contribution in [3.63, 3.8) is 0 Å². The Morgan fingerprint density at radius 3 is 2.17 bits per heavy atom. The second kappa shape index (κ2) is 4.35. The zero-order valence-corrected chi connectivity index (χ0v) is 7.91. The first kappa shape index (κ1) is 11.3. The van der Waals surface area contributed by atoms with Crippen LogP contribution in [0, 0.1) is 10.1 Å². The highest BCUT2D eigenvalue weighted by Gasteiger charge is 2.26. The van der Waals surface area contributed by atoms with Crippen LogP contribution >= 0.6 is 7.60 Å². The third-order valence-corrected chi connectivity index (χ3v) is 3.15. The lowest BCUT2D eigenvalue weighted by Crippen LogP contribution is -1.93. The van der Waals surface area contributed by atoms with E-state index in [4.69, 9.17) is 0 Å². The van der Waals surface area contributed by atoms with Crippen molar-refractivity contribution in [2.24, 2.45) is 0 Å². The molecule has 0 aromatic rings. The van der Waals surface area contributed by atoms with Gasteiger partial charge in [-0.3, -0.25) is 14.7 Å². The Balaban J connectivity index is 4.76. The van der Waals surface area contributed by atoms with Gasteiger partial charge in [0.2, 0.25) is 6.20 Å². The molecular formula is C5H10NO5P. The minimum Gasteiger partial charge on any atom is -0.309 e. The quantitative estimate of drug-likeness (QED) is 0.386. The van der Waals surface area contributed by atoms with Crippen LogP contribution in [-0.2, 0) is 13.6 Å². The summed E-state index contributed by atoms with van der Waals surface area (Å²) in [4.78, 5) is 9.28. The van der Waals surface area contributed by atoms with Gasteiger partial charge >= 0.3 is 7.60 Å². The Labute approximate surface area is 69.9 Å². The Hall–Kier alpha value is -0.710. The fourth-order valence-corrected chi connectivity index (χ4v) is 1.55. The molecule has 70 valence electrons. The summed E-state index contributed by atoms with van der Waals surface area (Å²) < 4.78 is 20.4. The molecular weight excluding hydrogens is 185 g/mol. The first-order valence-electron chi connectivity index (χ1n) is 3.00. The summed E-state index contributed by atoms with van der Waals surface area (Å²) in [5.74, 6) is 0. The highest BCUT2D eigenvalue weighted by molar-refractivity contribution is 7.58. The van der Waals surface area contributed by atoms with Crippen LogP contribution in [-0.4, -0.2) is 19.1 Å². The van der Waals surface area contributed by atoms with E-state index >= 15 is 0 Å². The molecule has 7 heteroatoms. The van der Waals surface area contributed by atoms with Crippen LogP contribution in [0.1, 0.15) is 6.92 Å². The summed E-state index contributed by atoms with van der Waals surface area (Å²) in [5, 5.41) is 9.96. The largest absolute Gasteiger partial charge is 0.362 e. The molecule has 0 saturated heterocycles. The standard InChI is InChI=1S/C5H10NO5P/c1-5(4-6(7)8)12(9,10-2)11-3/h4H,1-3H3/b5-4-. The number of allylic oxidation sites excluding steroid dienone is 1. The van der Waals surface area contributed by atoms with Crippen LogP contribution in [0.5, 0.6) is 0 Å². The van der Waals surface area contributed by atoms with E-state index in [0.29, 0.717) is 6.20 Å². The van der Waals surface area contributed by atoms with Crippen molar-refractivity contribution >= 4 is 7.60 Å². The van der Waals surface area contributed by atoms with E-state index in [1.165, 1.54) is 21.1 Å². The zero-order valence-electron chi connectivity index (χ0n) is 7.01. The van der Waals surface area contributed by atoms with E-state index in [9.17, 15) is 14.7 Å². The van der Waals surface area contributed by atoms with E-state index in [1.54, 1.807) is 0 Å². The molecule has 0 aromatic heterocycles. The smallest absolute Gasteiger partial charge is 0.309 e. The predicted molar refractivity (Wildman–Crippen MR) is 42.4 cm³/mol. The zero-order chi connectivity index (χ0) is 9.78. The van der Waals surface area contributed by atoms with Crippen LogP contribution < -0.4 is 0 Å². The molecule has 6 nitrogen and oxygen atoms in total. The Morgan fingerprint density at radius 2 is 1.92 bits per heavy atom. The van der Waals surface area contributed by atoms with E-state index < -0.39 is 12.5 Å². The molecule has 0 spiro atoms. The molecule has 0 aliphatic heterocycles. The molecule has 0 rings (SSSR count). The fourth-order valence-electron chi connectivity index (χ4n) is 0.586. The molecule has 0 N–H and O–H groups in total. The number of nitro groups is 1. The summed E-state index contributed by atoms with van der Waals surface area (Å²) in [6.45, 7) is 1.32. The Kier molecular flexibility index (Phi) is 4.09. The van der Waals surface area contributed by atoms with Crippen molar-refractivity contribution < 1.29 is 18.5 Å². The first-order valence-corrected chi connectivity index (χ1v) is 4.54. The predicted octanol–water partition coefficient (Wildman–Crippen LogP) is 1.61. The third kappa shape index (κ3) is 2.73. The van der Waals surface area contributed by atoms with Gasteiger partial charge in [0.1, 0.15) is 5.31 Å². The van der Waals surface area contributed by atoms with Gasteiger partial charge in [0.15, 0.2) is 0 Å². The van der Waals surface area contributed by atoms with Crippen molar-refractivity contribution in [3.05, 3.63) is 21.6 Å². The summed E-state index contributed by atoms with van der Waals surface area (Å²) in [6, 6.07) is 0. The maximum Gasteiger partial charge on any atom is 0.362 e. The van der Waals surface area contributed by atoms with Gasteiger partial charge < -0.3 is 9.05 Å². The van der Waals surface area contributed by atoms with Crippen molar-refractivity contribution in [1.29, 1.82) is 0 Å². The molecule has 0 aromatic carbocycles. The van der Waals surface area contributed by atoms with Gasteiger partial charge in [-0.25, -0.2) is 0 Å². The highest BCUT2D eigenvalue weighted by Crippen LogP contribution is 2.54. The maximum absolute atomic E-state index is 11.4. The molecule has 0 atom stereocenters. The van der Waals surface area contributed by atoms with E-state index in [-0.39, 0.29) is 5.31 Å². The monoisotopic (exact) mass is 195 g/mol. The van der Waals surface area contributed by atoms with Crippen LogP contribution in [0.3, 0.4) is 0 Å². The average molecular weight is 195 g/mol. The summed E-state index contributed by atoms with van der Waals surface area (Å²) in [5.41, 5.74) is 0. The van der Waals surface area contributed by atoms with Crippen LogP contribution in [0.25, 0.3) is 0 Å². The van der Waals surface area contributed by atoms with Crippen LogP contribution in [0.4, 0.5) is 0 Å². The van der Waals surface area contributed by atoms with Gasteiger partial charge in [0.25, 0.3) is 0 Å². The van der Waals surface area contributed by atoms with Gasteiger partial charge in [-0.15, -0.1) is 0 Å². The van der Waals surface area contributed by atoms with Gasteiger partial charge in [-0.1, -0.05) is 0 Å². The third-order valence-electron chi connectivity index (χ3n) is 1.20. The van der Waals surface area contributed by atoms with E-state index in [0.717, 1.165) is 0 Å². The molecule has 12 heavy (non-hydrogen) atoms. The van der Waals surface area contributed by atoms with Crippen molar-refractivity contribution in [2.45, 2.75) is 6.92 Å². The number of hydrogen-bond donors (Lipinski definition) is 0. The molecule has 0 amide bonds. The number of rotatable bonds is 4. The Morgan fingerprint density at radius 1 is 1.50 bits per heavy atom. The van der Waals surface area contributed by atoms with Gasteiger partial charge in [0.05, 0.1) is 4.92 Å². The molecule has 0 unspecified atom stereocenters. The van der Waals surface area contributed by atoms with Gasteiger partial charge in [-0.2, -0.15) is 0 Å². The molecule has 0 radical (unpaired) electrons. The summed E-state index contributed by atoms with van der Waals surface area (Å²) >= 11 is 0. The van der Waals surface area contributed by atoms with Gasteiger partial charge in [0, 0.05) is 14.2 Å². The SMILES string of the molecule is COP(=O)(OC)/C(C)=C\[N+](=O)[O-]. The number of hydrogen-bond acceptors (Lipinski definition) is 5.